The fraction of sp³-hybridized carbons (Fsp3) is 0.467. The van der Waals surface area contributed by atoms with Gasteiger partial charge in [0, 0.05) is 18.4 Å². The third-order valence-electron chi connectivity index (χ3n) is 3.92. The first-order valence-corrected chi connectivity index (χ1v) is 8.95. The maximum absolute atomic E-state index is 12.7. The Morgan fingerprint density at radius 2 is 1.95 bits per heavy atom. The Morgan fingerprint density at radius 3 is 2.55 bits per heavy atom. The number of carboxylic acids is 1. The van der Waals surface area contributed by atoms with Crippen molar-refractivity contribution in [3.8, 4) is 0 Å². The molecule has 0 spiro atoms. The highest BCUT2D eigenvalue weighted by Gasteiger charge is 2.33. The highest BCUT2D eigenvalue weighted by molar-refractivity contribution is 7.90. The number of hydrogen-bond acceptors (Lipinski definition) is 4. The summed E-state index contributed by atoms with van der Waals surface area (Å²) in [7, 11) is -3.42. The Labute approximate surface area is 129 Å². The summed E-state index contributed by atoms with van der Waals surface area (Å²) >= 11 is 0. The van der Waals surface area contributed by atoms with Gasteiger partial charge in [0.15, 0.2) is 9.84 Å². The Hall–Kier alpha value is -1.89. The predicted octanol–water partition coefficient (Wildman–Crippen LogP) is 1.48. The zero-order chi connectivity index (χ0) is 16.5. The van der Waals surface area contributed by atoms with Crippen molar-refractivity contribution in [3.05, 3.63) is 29.3 Å². The lowest BCUT2D eigenvalue weighted by Crippen LogP contribution is -2.48. The fourth-order valence-corrected chi connectivity index (χ4v) is 3.30. The van der Waals surface area contributed by atoms with Crippen LogP contribution in [0.5, 0.6) is 0 Å². The zero-order valence-corrected chi connectivity index (χ0v) is 13.4. The molecule has 1 aliphatic heterocycles. The average molecular weight is 325 g/mol. The lowest BCUT2D eigenvalue weighted by atomic mass is 9.99. The molecular weight excluding hydrogens is 306 g/mol. The molecule has 0 saturated carbocycles. The smallest absolute Gasteiger partial charge is 0.326 e. The number of benzene rings is 1. The van der Waals surface area contributed by atoms with Crippen molar-refractivity contribution in [1.82, 2.24) is 4.90 Å². The minimum atomic E-state index is -3.42. The Kier molecular flexibility index (Phi) is 4.55. The van der Waals surface area contributed by atoms with Gasteiger partial charge in [-0.05, 0) is 43.9 Å². The van der Waals surface area contributed by atoms with Gasteiger partial charge in [-0.25, -0.2) is 13.2 Å². The molecule has 0 aliphatic carbocycles. The van der Waals surface area contributed by atoms with Crippen LogP contribution in [0.15, 0.2) is 23.1 Å². The van der Waals surface area contributed by atoms with Crippen molar-refractivity contribution in [2.24, 2.45) is 0 Å². The zero-order valence-electron chi connectivity index (χ0n) is 12.6. The van der Waals surface area contributed by atoms with Crippen molar-refractivity contribution in [3.63, 3.8) is 0 Å². The van der Waals surface area contributed by atoms with Gasteiger partial charge in [0.1, 0.15) is 6.04 Å². The first-order chi connectivity index (χ1) is 10.2. The summed E-state index contributed by atoms with van der Waals surface area (Å²) in [6, 6.07) is 3.51. The van der Waals surface area contributed by atoms with E-state index >= 15 is 0 Å². The van der Waals surface area contributed by atoms with Crippen LogP contribution in [0.2, 0.25) is 0 Å². The van der Waals surface area contributed by atoms with E-state index in [2.05, 4.69) is 0 Å². The molecule has 120 valence electrons. The molecule has 1 unspecified atom stereocenters. The largest absolute Gasteiger partial charge is 0.480 e. The molecule has 1 aliphatic rings. The number of likely N-dealkylation sites (tertiary alicyclic amines) is 1. The summed E-state index contributed by atoms with van der Waals surface area (Å²) in [5.74, 6) is -1.44. The molecule has 1 atom stereocenters. The first kappa shape index (κ1) is 16.5. The van der Waals surface area contributed by atoms with Crippen LogP contribution >= 0.6 is 0 Å². The molecule has 1 fully saturated rings. The fourth-order valence-electron chi connectivity index (χ4n) is 2.65. The van der Waals surface area contributed by atoms with Crippen LogP contribution in [0.25, 0.3) is 0 Å². The third kappa shape index (κ3) is 3.30. The van der Waals surface area contributed by atoms with E-state index in [1.54, 1.807) is 13.0 Å². The van der Waals surface area contributed by atoms with Crippen LogP contribution < -0.4 is 0 Å². The van der Waals surface area contributed by atoms with E-state index < -0.39 is 27.8 Å². The van der Waals surface area contributed by atoms with Crippen LogP contribution in [-0.2, 0) is 14.6 Å². The van der Waals surface area contributed by atoms with Crippen molar-refractivity contribution in [2.45, 2.75) is 37.1 Å². The Bertz CT molecular complexity index is 711. The second-order valence-electron chi connectivity index (χ2n) is 5.60. The van der Waals surface area contributed by atoms with Gasteiger partial charge in [-0.1, -0.05) is 6.07 Å². The molecule has 0 radical (unpaired) electrons. The normalized spacial score (nSPS) is 19.0. The third-order valence-corrected chi connectivity index (χ3v) is 5.03. The molecular formula is C15H19NO5S. The number of nitrogens with zero attached hydrogens (tertiary/aromatic N) is 1. The van der Waals surface area contributed by atoms with Gasteiger partial charge in [0.2, 0.25) is 0 Å². The molecule has 0 aromatic heterocycles. The predicted molar refractivity (Wildman–Crippen MR) is 80.6 cm³/mol. The molecule has 1 heterocycles. The lowest BCUT2D eigenvalue weighted by molar-refractivity contribution is -0.143. The van der Waals surface area contributed by atoms with Gasteiger partial charge < -0.3 is 10.0 Å². The molecule has 2 rings (SSSR count). The van der Waals surface area contributed by atoms with Gasteiger partial charge in [-0.3, -0.25) is 4.79 Å². The monoisotopic (exact) mass is 325 g/mol. The van der Waals surface area contributed by atoms with E-state index in [9.17, 15) is 23.1 Å². The standard InChI is InChI=1S/C15H19NO5S/c1-10-6-7-11(22(2,20)21)9-12(10)14(17)16-8-4-3-5-13(16)15(18)19/h6-7,9,13H,3-5,8H2,1-2H3,(H,18,19). The van der Waals surface area contributed by atoms with Crippen LogP contribution in [0.3, 0.4) is 0 Å². The second-order valence-corrected chi connectivity index (χ2v) is 7.61. The number of rotatable bonds is 3. The number of aliphatic carboxylic acids is 1. The topological polar surface area (TPSA) is 91.8 Å². The molecule has 1 N–H and O–H groups in total. The number of carboxylic acid groups (broad SMARTS) is 1. The molecule has 1 saturated heterocycles. The number of amides is 1. The first-order valence-electron chi connectivity index (χ1n) is 7.06. The Morgan fingerprint density at radius 1 is 1.27 bits per heavy atom. The van der Waals surface area contributed by atoms with Crippen molar-refractivity contribution in [1.29, 1.82) is 0 Å². The van der Waals surface area contributed by atoms with E-state index in [1.807, 2.05) is 0 Å². The number of carbonyl (C=O) groups excluding carboxylic acids is 1. The maximum atomic E-state index is 12.7. The molecule has 6 nitrogen and oxygen atoms in total. The van der Waals surface area contributed by atoms with Gasteiger partial charge in [0.25, 0.3) is 5.91 Å². The number of sulfone groups is 1. The second kappa shape index (κ2) is 6.08. The van der Waals surface area contributed by atoms with E-state index in [0.717, 1.165) is 19.1 Å². The highest BCUT2D eigenvalue weighted by Crippen LogP contribution is 2.23. The SMILES string of the molecule is Cc1ccc(S(C)(=O)=O)cc1C(=O)N1CCCCC1C(=O)O. The molecule has 0 bridgehead atoms. The van der Waals surface area contributed by atoms with Crippen molar-refractivity contribution in [2.75, 3.05) is 12.8 Å². The molecule has 1 aromatic carbocycles. The summed E-state index contributed by atoms with van der Waals surface area (Å²) in [4.78, 5) is 25.4. The van der Waals surface area contributed by atoms with Crippen LogP contribution in [0.1, 0.15) is 35.2 Å². The Balaban J connectivity index is 2.42. The minimum Gasteiger partial charge on any atom is -0.480 e. The molecule has 1 amide bonds. The van der Waals surface area contributed by atoms with E-state index in [1.165, 1.54) is 17.0 Å². The van der Waals surface area contributed by atoms with Crippen molar-refractivity contribution >= 4 is 21.7 Å². The highest BCUT2D eigenvalue weighted by atomic mass is 32.2. The van der Waals surface area contributed by atoms with E-state index in [4.69, 9.17) is 0 Å². The molecule has 1 aromatic rings. The van der Waals surface area contributed by atoms with Crippen molar-refractivity contribution < 1.29 is 23.1 Å². The number of carbonyl (C=O) groups is 2. The minimum absolute atomic E-state index is 0.0605. The number of hydrogen-bond donors (Lipinski definition) is 1. The average Bonchev–Trinajstić information content (AvgIpc) is 2.45. The molecule has 22 heavy (non-hydrogen) atoms. The summed E-state index contributed by atoms with van der Waals surface area (Å²) < 4.78 is 23.3. The van der Waals surface area contributed by atoms with E-state index in [-0.39, 0.29) is 10.5 Å². The van der Waals surface area contributed by atoms with Gasteiger partial charge in [0.05, 0.1) is 4.90 Å². The van der Waals surface area contributed by atoms with Crippen LogP contribution in [-0.4, -0.2) is 49.1 Å². The van der Waals surface area contributed by atoms with Gasteiger partial charge >= 0.3 is 5.97 Å². The molecule has 7 heteroatoms. The quantitative estimate of drug-likeness (QED) is 0.909. The van der Waals surface area contributed by atoms with Gasteiger partial charge in [-0.2, -0.15) is 0 Å². The number of aryl methyl sites for hydroxylation is 1. The summed E-state index contributed by atoms with van der Waals surface area (Å²) in [6.45, 7) is 2.08. The van der Waals surface area contributed by atoms with Gasteiger partial charge in [-0.15, -0.1) is 0 Å². The van der Waals surface area contributed by atoms with Crippen LogP contribution in [0, 0.1) is 6.92 Å². The maximum Gasteiger partial charge on any atom is 0.326 e. The number of piperidine rings is 1. The summed E-state index contributed by atoms with van der Waals surface area (Å²) in [6.07, 6.45) is 3.02. The van der Waals surface area contributed by atoms with Crippen LogP contribution in [0.4, 0.5) is 0 Å². The lowest BCUT2D eigenvalue weighted by Gasteiger charge is -2.33. The van der Waals surface area contributed by atoms with E-state index in [0.29, 0.717) is 18.5 Å². The summed E-state index contributed by atoms with van der Waals surface area (Å²) in [5, 5.41) is 9.27. The summed E-state index contributed by atoms with van der Waals surface area (Å²) in [5.41, 5.74) is 0.878.